The van der Waals surface area contributed by atoms with Gasteiger partial charge in [0, 0.05) is 43.9 Å². The fourth-order valence-corrected chi connectivity index (χ4v) is 4.58. The monoisotopic (exact) mass is 459 g/mol. The van der Waals surface area contributed by atoms with E-state index in [1.165, 1.54) is 35.4 Å². The molecule has 0 aliphatic heterocycles. The number of nitrogens with one attached hydrogen (secondary N) is 1. The molecule has 3 aromatic rings. The fourth-order valence-electron chi connectivity index (χ4n) is 3.20. The van der Waals surface area contributed by atoms with E-state index in [-0.39, 0.29) is 23.8 Å². The van der Waals surface area contributed by atoms with Gasteiger partial charge in [0.2, 0.25) is 0 Å². The van der Waals surface area contributed by atoms with Crippen molar-refractivity contribution in [2.24, 2.45) is 0 Å². The van der Waals surface area contributed by atoms with Crippen molar-refractivity contribution in [2.45, 2.75) is 24.7 Å². The standard InChI is InChI=1S/C22H25N3O6S/c1-4-31-17-8-11-19-15(5-12-21(26)27)14-25(20(19)13-17)32(29,30)18-9-6-16(7-10-18)23-22(28)24(2)3/h6-11,13-14H,4-5,12H2,1-3H3,(H,23,28)(H,26,27). The Morgan fingerprint density at radius 1 is 1.12 bits per heavy atom. The highest BCUT2D eigenvalue weighted by atomic mass is 32.2. The van der Waals surface area contributed by atoms with Crippen LogP contribution >= 0.6 is 0 Å². The van der Waals surface area contributed by atoms with Gasteiger partial charge in [-0.1, -0.05) is 0 Å². The molecule has 3 rings (SSSR count). The van der Waals surface area contributed by atoms with Crippen molar-refractivity contribution in [1.29, 1.82) is 0 Å². The molecule has 0 bridgehead atoms. The Labute approximate surface area is 186 Å². The van der Waals surface area contributed by atoms with E-state index in [4.69, 9.17) is 9.84 Å². The van der Waals surface area contributed by atoms with Crippen LogP contribution in [-0.2, 0) is 21.2 Å². The van der Waals surface area contributed by atoms with Gasteiger partial charge in [-0.05, 0) is 55.3 Å². The summed E-state index contributed by atoms with van der Waals surface area (Å²) in [5.74, 6) is -0.448. The quantitative estimate of drug-likeness (QED) is 0.533. The number of carboxylic acid groups (broad SMARTS) is 1. The summed E-state index contributed by atoms with van der Waals surface area (Å²) in [7, 11) is -0.784. The smallest absolute Gasteiger partial charge is 0.321 e. The number of aromatic nitrogens is 1. The Balaban J connectivity index is 2.04. The first-order chi connectivity index (χ1) is 15.1. The number of ether oxygens (including phenoxy) is 1. The van der Waals surface area contributed by atoms with E-state index in [2.05, 4.69) is 5.32 Å². The number of benzene rings is 2. The Kier molecular flexibility index (Phi) is 6.73. The lowest BCUT2D eigenvalue weighted by atomic mass is 10.1. The largest absolute Gasteiger partial charge is 0.494 e. The molecule has 2 aromatic carbocycles. The summed E-state index contributed by atoms with van der Waals surface area (Å²) < 4.78 is 33.5. The molecule has 32 heavy (non-hydrogen) atoms. The van der Waals surface area contributed by atoms with Crippen molar-refractivity contribution in [3.63, 3.8) is 0 Å². The second-order valence-corrected chi connectivity index (χ2v) is 9.12. The first-order valence-corrected chi connectivity index (χ1v) is 11.4. The number of hydrogen-bond donors (Lipinski definition) is 2. The molecule has 0 aliphatic rings. The van der Waals surface area contributed by atoms with Gasteiger partial charge in [-0.3, -0.25) is 4.79 Å². The van der Waals surface area contributed by atoms with Crippen molar-refractivity contribution in [3.8, 4) is 5.75 Å². The second-order valence-electron chi connectivity index (χ2n) is 7.31. The van der Waals surface area contributed by atoms with Crippen LogP contribution in [0, 0.1) is 0 Å². The van der Waals surface area contributed by atoms with E-state index in [0.717, 1.165) is 3.97 Å². The molecule has 0 fully saturated rings. The second kappa shape index (κ2) is 9.31. The molecule has 0 saturated carbocycles. The van der Waals surface area contributed by atoms with Crippen LogP contribution in [0.25, 0.3) is 10.9 Å². The lowest BCUT2D eigenvalue weighted by Crippen LogP contribution is -2.27. The van der Waals surface area contributed by atoms with Gasteiger partial charge < -0.3 is 20.1 Å². The Morgan fingerprint density at radius 2 is 1.81 bits per heavy atom. The van der Waals surface area contributed by atoms with Crippen molar-refractivity contribution in [2.75, 3.05) is 26.0 Å². The molecular weight excluding hydrogens is 434 g/mol. The lowest BCUT2D eigenvalue weighted by Gasteiger charge is -2.13. The predicted molar refractivity (Wildman–Crippen MR) is 121 cm³/mol. The summed E-state index contributed by atoms with van der Waals surface area (Å²) >= 11 is 0. The van der Waals surface area contributed by atoms with Gasteiger partial charge in [0.15, 0.2) is 0 Å². The van der Waals surface area contributed by atoms with E-state index in [1.807, 2.05) is 6.92 Å². The van der Waals surface area contributed by atoms with Crippen LogP contribution < -0.4 is 10.1 Å². The lowest BCUT2D eigenvalue weighted by molar-refractivity contribution is -0.136. The molecule has 1 heterocycles. The average Bonchev–Trinajstić information content (AvgIpc) is 3.11. The van der Waals surface area contributed by atoms with Crippen molar-refractivity contribution in [3.05, 3.63) is 54.2 Å². The third-order valence-electron chi connectivity index (χ3n) is 4.81. The highest BCUT2D eigenvalue weighted by Gasteiger charge is 2.22. The van der Waals surface area contributed by atoms with Crippen LogP contribution in [0.15, 0.2) is 53.6 Å². The van der Waals surface area contributed by atoms with Crippen molar-refractivity contribution >= 4 is 38.6 Å². The van der Waals surface area contributed by atoms with Crippen LogP contribution in [0.2, 0.25) is 0 Å². The predicted octanol–water partition coefficient (Wildman–Crippen LogP) is 3.39. The van der Waals surface area contributed by atoms with Gasteiger partial charge in [0.25, 0.3) is 10.0 Å². The van der Waals surface area contributed by atoms with E-state index in [0.29, 0.717) is 34.5 Å². The molecule has 0 saturated heterocycles. The summed E-state index contributed by atoms with van der Waals surface area (Å²) in [6, 6.07) is 10.6. The maximum absolute atomic E-state index is 13.4. The van der Waals surface area contributed by atoms with Gasteiger partial charge in [0.05, 0.1) is 17.0 Å². The highest BCUT2D eigenvalue weighted by molar-refractivity contribution is 7.90. The molecule has 2 amide bonds. The molecule has 0 unspecified atom stereocenters. The van der Waals surface area contributed by atoms with E-state index in [1.54, 1.807) is 32.3 Å². The van der Waals surface area contributed by atoms with Gasteiger partial charge in [-0.2, -0.15) is 0 Å². The van der Waals surface area contributed by atoms with Gasteiger partial charge >= 0.3 is 12.0 Å². The number of aliphatic carboxylic acids is 1. The third kappa shape index (κ3) is 4.86. The van der Waals surface area contributed by atoms with E-state index in [9.17, 15) is 18.0 Å². The summed E-state index contributed by atoms with van der Waals surface area (Å²) in [6.07, 6.45) is 1.53. The van der Waals surface area contributed by atoms with Crippen LogP contribution in [-0.4, -0.2) is 55.1 Å². The maximum Gasteiger partial charge on any atom is 0.321 e. The molecule has 0 spiro atoms. The molecule has 0 aliphatic carbocycles. The minimum Gasteiger partial charge on any atom is -0.494 e. The summed E-state index contributed by atoms with van der Waals surface area (Å²) in [6.45, 7) is 2.25. The normalized spacial score (nSPS) is 11.3. The first kappa shape index (κ1) is 23.1. The Morgan fingerprint density at radius 3 is 2.41 bits per heavy atom. The zero-order valence-corrected chi connectivity index (χ0v) is 18.8. The van der Waals surface area contributed by atoms with Crippen LogP contribution in [0.5, 0.6) is 5.75 Å². The molecule has 10 heteroatoms. The molecule has 0 atom stereocenters. The first-order valence-electron chi connectivity index (χ1n) is 9.96. The minimum atomic E-state index is -3.99. The van der Waals surface area contributed by atoms with Crippen LogP contribution in [0.3, 0.4) is 0 Å². The fraction of sp³-hybridized carbons (Fsp3) is 0.273. The molecule has 9 nitrogen and oxygen atoms in total. The molecule has 0 radical (unpaired) electrons. The highest BCUT2D eigenvalue weighted by Crippen LogP contribution is 2.30. The van der Waals surface area contributed by atoms with Gasteiger partial charge in [0.1, 0.15) is 5.75 Å². The summed E-state index contributed by atoms with van der Waals surface area (Å²) in [4.78, 5) is 24.2. The number of urea groups is 1. The third-order valence-corrected chi connectivity index (χ3v) is 6.50. The van der Waals surface area contributed by atoms with Crippen LogP contribution in [0.1, 0.15) is 18.9 Å². The number of aryl methyl sites for hydroxylation is 1. The van der Waals surface area contributed by atoms with Crippen molar-refractivity contribution < 1.29 is 27.9 Å². The molecule has 1 aromatic heterocycles. The zero-order valence-electron chi connectivity index (χ0n) is 18.0. The number of nitrogens with zero attached hydrogens (tertiary/aromatic N) is 2. The van der Waals surface area contributed by atoms with Gasteiger partial charge in [-0.15, -0.1) is 0 Å². The maximum atomic E-state index is 13.4. The Bertz CT molecular complexity index is 1250. The summed E-state index contributed by atoms with van der Waals surface area (Å²) in [5.41, 5.74) is 1.48. The SMILES string of the molecule is CCOc1ccc2c(CCC(=O)O)cn(S(=O)(=O)c3ccc(NC(=O)N(C)C)cc3)c2c1. The number of hydrogen-bond acceptors (Lipinski definition) is 5. The number of anilines is 1. The van der Waals surface area contributed by atoms with Gasteiger partial charge in [-0.25, -0.2) is 17.2 Å². The molecular formula is C22H25N3O6S. The minimum absolute atomic E-state index is 0.0313. The summed E-state index contributed by atoms with van der Waals surface area (Å²) in [5, 5.41) is 12.4. The average molecular weight is 460 g/mol. The molecule has 170 valence electrons. The number of carboxylic acids is 1. The topological polar surface area (TPSA) is 118 Å². The number of fused-ring (bicyclic) bond motifs is 1. The van der Waals surface area contributed by atoms with Crippen LogP contribution in [0.4, 0.5) is 10.5 Å². The number of carbonyl (C=O) groups is 2. The van der Waals surface area contributed by atoms with E-state index < -0.39 is 16.0 Å². The Hall–Kier alpha value is -3.53. The zero-order chi connectivity index (χ0) is 23.5. The molecule has 2 N–H and O–H groups in total. The number of amides is 2. The van der Waals surface area contributed by atoms with E-state index >= 15 is 0 Å². The number of carbonyl (C=O) groups excluding carboxylic acids is 1. The number of rotatable bonds is 8. The van der Waals surface area contributed by atoms with Crippen molar-refractivity contribution in [1.82, 2.24) is 8.87 Å².